The average Bonchev–Trinajstić information content (AvgIpc) is 2.61. The molecule has 0 radical (unpaired) electrons. The molecule has 0 bridgehead atoms. The van der Waals surface area contributed by atoms with Crippen LogP contribution >= 0.6 is 0 Å². The van der Waals surface area contributed by atoms with Crippen LogP contribution in [-0.2, 0) is 22.1 Å². The van der Waals surface area contributed by atoms with E-state index in [9.17, 15) is 27.2 Å². The van der Waals surface area contributed by atoms with Gasteiger partial charge in [0.2, 0.25) is 0 Å². The molecule has 4 nitrogen and oxygen atoms in total. The van der Waals surface area contributed by atoms with Gasteiger partial charge in [0.05, 0.1) is 12.7 Å². The van der Waals surface area contributed by atoms with Crippen LogP contribution in [0.25, 0.3) is 0 Å². The topological polar surface area (TPSA) is 55.4 Å². The van der Waals surface area contributed by atoms with Crippen LogP contribution in [0.3, 0.4) is 0 Å². The van der Waals surface area contributed by atoms with Gasteiger partial charge in [0, 0.05) is 12.0 Å². The second kappa shape index (κ2) is 7.99. The highest BCUT2D eigenvalue weighted by Gasteiger charge is 2.30. The number of amides is 1. The lowest BCUT2D eigenvalue weighted by Gasteiger charge is -2.17. The number of ether oxygens (including phenoxy) is 1. The van der Waals surface area contributed by atoms with Crippen molar-refractivity contribution < 1.29 is 31.9 Å². The van der Waals surface area contributed by atoms with Gasteiger partial charge in [-0.15, -0.1) is 0 Å². The van der Waals surface area contributed by atoms with Crippen LogP contribution in [0.2, 0.25) is 0 Å². The zero-order valence-corrected chi connectivity index (χ0v) is 13.6. The van der Waals surface area contributed by atoms with Crippen LogP contribution in [0, 0.1) is 5.82 Å². The number of carbonyl (C=O) groups excluding carboxylic acids is 2. The number of hydrogen-bond acceptors (Lipinski definition) is 3. The molecule has 2 rings (SSSR count). The van der Waals surface area contributed by atoms with E-state index in [0.29, 0.717) is 0 Å². The largest absolute Gasteiger partial charge is 0.467 e. The highest BCUT2D eigenvalue weighted by atomic mass is 19.4. The molecule has 0 aliphatic rings. The van der Waals surface area contributed by atoms with Gasteiger partial charge in [-0.25, -0.2) is 9.18 Å². The molecule has 0 fully saturated rings. The second-order valence-electron chi connectivity index (χ2n) is 5.42. The molecule has 0 saturated carbocycles. The Morgan fingerprint density at radius 2 is 1.69 bits per heavy atom. The van der Waals surface area contributed by atoms with Crippen molar-refractivity contribution in [2.45, 2.75) is 18.6 Å². The molecule has 0 heterocycles. The van der Waals surface area contributed by atoms with E-state index in [0.717, 1.165) is 31.4 Å². The summed E-state index contributed by atoms with van der Waals surface area (Å²) in [6.45, 7) is 0. The highest BCUT2D eigenvalue weighted by molar-refractivity contribution is 5.96. The van der Waals surface area contributed by atoms with Gasteiger partial charge in [0.15, 0.2) is 0 Å². The van der Waals surface area contributed by atoms with E-state index in [-0.39, 0.29) is 17.5 Å². The van der Waals surface area contributed by atoms with Gasteiger partial charge in [0.25, 0.3) is 5.91 Å². The van der Waals surface area contributed by atoms with E-state index in [1.54, 1.807) is 6.07 Å². The van der Waals surface area contributed by atoms with Crippen LogP contribution in [0.5, 0.6) is 0 Å². The fraction of sp³-hybridized carbons (Fsp3) is 0.222. The quantitative estimate of drug-likeness (QED) is 0.650. The minimum Gasteiger partial charge on any atom is -0.467 e. The predicted octanol–water partition coefficient (Wildman–Crippen LogP) is 3.36. The number of carbonyl (C=O) groups is 2. The first-order valence-corrected chi connectivity index (χ1v) is 7.51. The van der Waals surface area contributed by atoms with Gasteiger partial charge in [0.1, 0.15) is 11.9 Å². The Balaban J connectivity index is 2.16. The van der Waals surface area contributed by atoms with Crippen molar-refractivity contribution in [3.8, 4) is 0 Å². The van der Waals surface area contributed by atoms with Gasteiger partial charge < -0.3 is 10.1 Å². The minimum atomic E-state index is -4.52. The molecule has 0 saturated heterocycles. The van der Waals surface area contributed by atoms with Crippen LogP contribution in [0.1, 0.15) is 21.5 Å². The molecule has 2 aromatic carbocycles. The van der Waals surface area contributed by atoms with Gasteiger partial charge >= 0.3 is 12.1 Å². The van der Waals surface area contributed by atoms with Crippen LogP contribution in [-0.4, -0.2) is 25.0 Å². The Morgan fingerprint density at radius 3 is 2.23 bits per heavy atom. The summed E-state index contributed by atoms with van der Waals surface area (Å²) in [5.41, 5.74) is -0.777. The zero-order chi connectivity index (χ0) is 19.3. The molecule has 1 N–H and O–H groups in total. The lowest BCUT2D eigenvalue weighted by Crippen LogP contribution is -2.43. The van der Waals surface area contributed by atoms with E-state index in [1.807, 2.05) is 0 Å². The van der Waals surface area contributed by atoms with Gasteiger partial charge in [-0.3, -0.25) is 4.79 Å². The first-order chi connectivity index (χ1) is 12.2. The summed E-state index contributed by atoms with van der Waals surface area (Å²) >= 11 is 0. The summed E-state index contributed by atoms with van der Waals surface area (Å²) in [7, 11) is 1.11. The summed E-state index contributed by atoms with van der Waals surface area (Å²) in [6, 6.07) is 8.05. The monoisotopic (exact) mass is 369 g/mol. The fourth-order valence-electron chi connectivity index (χ4n) is 2.27. The molecule has 0 aliphatic carbocycles. The van der Waals surface area contributed by atoms with Gasteiger partial charge in [-0.05, 0) is 35.9 Å². The molecule has 0 aromatic heterocycles. The summed E-state index contributed by atoms with van der Waals surface area (Å²) < 4.78 is 56.1. The minimum absolute atomic E-state index is 0.0690. The van der Waals surface area contributed by atoms with Crippen molar-refractivity contribution in [3.05, 3.63) is 71.0 Å². The van der Waals surface area contributed by atoms with E-state index < -0.39 is 35.5 Å². The van der Waals surface area contributed by atoms with Gasteiger partial charge in [-0.1, -0.05) is 18.2 Å². The maximum absolute atomic E-state index is 13.8. The molecular weight excluding hydrogens is 354 g/mol. The Hall–Kier alpha value is -2.90. The molecule has 0 aliphatic heterocycles. The second-order valence-corrected chi connectivity index (χ2v) is 5.42. The normalized spacial score (nSPS) is 12.3. The molecule has 0 spiro atoms. The van der Waals surface area contributed by atoms with Crippen LogP contribution in [0.4, 0.5) is 17.6 Å². The van der Waals surface area contributed by atoms with Crippen molar-refractivity contribution in [2.75, 3.05) is 7.11 Å². The molecule has 0 unspecified atom stereocenters. The van der Waals surface area contributed by atoms with Crippen molar-refractivity contribution in [1.82, 2.24) is 5.32 Å². The Kier molecular flexibility index (Phi) is 5.97. The molecule has 138 valence electrons. The van der Waals surface area contributed by atoms with E-state index in [1.165, 1.54) is 18.2 Å². The zero-order valence-electron chi connectivity index (χ0n) is 13.6. The lowest BCUT2D eigenvalue weighted by atomic mass is 10.0. The SMILES string of the molecule is COC(=O)[C@@H](Cc1ccccc1F)NC(=O)c1ccc(C(F)(F)F)cc1. The first kappa shape index (κ1) is 19.4. The van der Waals surface area contributed by atoms with Crippen molar-refractivity contribution in [1.29, 1.82) is 0 Å². The van der Waals surface area contributed by atoms with E-state index in [2.05, 4.69) is 10.1 Å². The van der Waals surface area contributed by atoms with Crippen molar-refractivity contribution in [2.24, 2.45) is 0 Å². The number of hydrogen-bond donors (Lipinski definition) is 1. The first-order valence-electron chi connectivity index (χ1n) is 7.51. The lowest BCUT2D eigenvalue weighted by molar-refractivity contribution is -0.142. The highest BCUT2D eigenvalue weighted by Crippen LogP contribution is 2.29. The summed E-state index contributed by atoms with van der Waals surface area (Å²) in [5, 5.41) is 2.36. The van der Waals surface area contributed by atoms with Crippen LogP contribution < -0.4 is 5.32 Å². The average molecular weight is 369 g/mol. The van der Waals surface area contributed by atoms with Crippen molar-refractivity contribution in [3.63, 3.8) is 0 Å². The number of halogens is 4. The fourth-order valence-corrected chi connectivity index (χ4v) is 2.27. The third-order valence-electron chi connectivity index (χ3n) is 3.65. The Labute approximate surface area is 146 Å². The molecule has 26 heavy (non-hydrogen) atoms. The smallest absolute Gasteiger partial charge is 0.416 e. The number of benzene rings is 2. The molecule has 1 atom stereocenters. The molecule has 1 amide bonds. The summed E-state index contributed by atoms with van der Waals surface area (Å²) in [6.07, 6.45) is -4.68. The summed E-state index contributed by atoms with van der Waals surface area (Å²) in [5.74, 6) is -2.12. The Bertz CT molecular complexity index is 788. The number of nitrogens with one attached hydrogen (secondary N) is 1. The molecule has 8 heteroatoms. The third-order valence-corrected chi connectivity index (χ3v) is 3.65. The van der Waals surface area contributed by atoms with E-state index >= 15 is 0 Å². The standard InChI is InChI=1S/C18H15F4NO3/c1-26-17(25)15(10-12-4-2-3-5-14(12)19)23-16(24)11-6-8-13(9-7-11)18(20,21)22/h2-9,15H,10H2,1H3,(H,23,24)/t15-/m1/s1. The third kappa shape index (κ3) is 4.81. The molecular formula is C18H15F4NO3. The number of rotatable bonds is 5. The molecule has 2 aromatic rings. The van der Waals surface area contributed by atoms with Crippen LogP contribution in [0.15, 0.2) is 48.5 Å². The number of alkyl halides is 3. The van der Waals surface area contributed by atoms with E-state index in [4.69, 9.17) is 0 Å². The summed E-state index contributed by atoms with van der Waals surface area (Å²) in [4.78, 5) is 24.1. The maximum Gasteiger partial charge on any atom is 0.416 e. The van der Waals surface area contributed by atoms with Crippen molar-refractivity contribution >= 4 is 11.9 Å². The predicted molar refractivity (Wildman–Crippen MR) is 84.8 cm³/mol. The Morgan fingerprint density at radius 1 is 1.08 bits per heavy atom. The number of esters is 1. The maximum atomic E-state index is 13.8. The van der Waals surface area contributed by atoms with Gasteiger partial charge in [-0.2, -0.15) is 13.2 Å². The number of methoxy groups -OCH3 is 1.